The summed E-state index contributed by atoms with van der Waals surface area (Å²) in [5, 5.41) is 2.89. The summed E-state index contributed by atoms with van der Waals surface area (Å²) in [6.07, 6.45) is 2.30. The monoisotopic (exact) mass is 454 g/mol. The maximum Gasteiger partial charge on any atom is 0.313 e. The van der Waals surface area contributed by atoms with Crippen molar-refractivity contribution in [1.82, 2.24) is 5.32 Å². The van der Waals surface area contributed by atoms with Crippen LogP contribution in [0.2, 0.25) is 0 Å². The number of amides is 2. The first-order chi connectivity index (χ1) is 15.3. The third-order valence-electron chi connectivity index (χ3n) is 6.62. The standard InChI is InChI=1S/C26H34N2O5/c1-14(2)21(22(29)27-25(5,6)7)32-24(31)19-18-10-11-26(33-18)13-28(23(30)20(19)26)17-9-8-15(3)12-16(17)4/h8-12,14,18-21H,13H2,1-7H3,(H,27,29)/t18-,19+,20-,21+,26-/m1/s1. The van der Waals surface area contributed by atoms with Gasteiger partial charge in [-0.3, -0.25) is 14.4 Å². The molecule has 0 aliphatic carbocycles. The molecule has 1 N–H and O–H groups in total. The molecule has 1 spiro atoms. The van der Waals surface area contributed by atoms with E-state index in [1.807, 2.05) is 78.8 Å². The zero-order valence-electron chi connectivity index (χ0n) is 20.5. The summed E-state index contributed by atoms with van der Waals surface area (Å²) >= 11 is 0. The molecule has 33 heavy (non-hydrogen) atoms. The Bertz CT molecular complexity index is 1020. The second kappa shape index (κ2) is 7.97. The van der Waals surface area contributed by atoms with Crippen LogP contribution < -0.4 is 10.2 Å². The highest BCUT2D eigenvalue weighted by Gasteiger charge is 2.67. The number of esters is 1. The Kier molecular flexibility index (Phi) is 5.68. The number of carbonyl (C=O) groups is 3. The van der Waals surface area contributed by atoms with Gasteiger partial charge in [0.2, 0.25) is 5.91 Å². The van der Waals surface area contributed by atoms with Crippen LogP contribution in [0.5, 0.6) is 0 Å². The van der Waals surface area contributed by atoms with Crippen molar-refractivity contribution in [3.63, 3.8) is 0 Å². The van der Waals surface area contributed by atoms with Crippen molar-refractivity contribution in [2.24, 2.45) is 17.8 Å². The van der Waals surface area contributed by atoms with Gasteiger partial charge in [-0.05, 0) is 52.2 Å². The Hall–Kier alpha value is -2.67. The highest BCUT2D eigenvalue weighted by molar-refractivity contribution is 6.03. The number of anilines is 1. The van der Waals surface area contributed by atoms with E-state index in [0.717, 1.165) is 16.8 Å². The molecule has 0 radical (unpaired) electrons. The number of hydrogen-bond donors (Lipinski definition) is 1. The predicted molar refractivity (Wildman–Crippen MR) is 125 cm³/mol. The molecule has 1 aromatic carbocycles. The van der Waals surface area contributed by atoms with E-state index in [1.165, 1.54) is 0 Å². The molecule has 5 atom stereocenters. The van der Waals surface area contributed by atoms with Crippen molar-refractivity contribution in [2.75, 3.05) is 11.4 Å². The fourth-order valence-corrected chi connectivity index (χ4v) is 5.22. The quantitative estimate of drug-likeness (QED) is 0.546. The normalized spacial score (nSPS) is 28.9. The van der Waals surface area contributed by atoms with Crippen molar-refractivity contribution in [3.8, 4) is 0 Å². The molecule has 1 aromatic rings. The Morgan fingerprint density at radius 3 is 2.55 bits per heavy atom. The minimum Gasteiger partial charge on any atom is -0.452 e. The lowest BCUT2D eigenvalue weighted by atomic mass is 9.77. The van der Waals surface area contributed by atoms with E-state index in [1.54, 1.807) is 4.90 Å². The van der Waals surface area contributed by atoms with Gasteiger partial charge in [-0.15, -0.1) is 0 Å². The second-order valence-electron chi connectivity index (χ2n) is 11.0. The number of nitrogens with zero attached hydrogens (tertiary/aromatic N) is 1. The molecule has 0 unspecified atom stereocenters. The zero-order chi connectivity index (χ0) is 24.3. The van der Waals surface area contributed by atoms with Crippen LogP contribution in [0.1, 0.15) is 45.7 Å². The van der Waals surface area contributed by atoms with Crippen LogP contribution in [0.15, 0.2) is 30.4 Å². The van der Waals surface area contributed by atoms with E-state index >= 15 is 0 Å². The third-order valence-corrected chi connectivity index (χ3v) is 6.62. The molecule has 178 valence electrons. The Morgan fingerprint density at radius 2 is 1.94 bits per heavy atom. The van der Waals surface area contributed by atoms with Gasteiger partial charge in [0.1, 0.15) is 11.5 Å². The van der Waals surface area contributed by atoms with Crippen LogP contribution >= 0.6 is 0 Å². The first-order valence-electron chi connectivity index (χ1n) is 11.6. The lowest BCUT2D eigenvalue weighted by Gasteiger charge is -2.29. The summed E-state index contributed by atoms with van der Waals surface area (Å²) in [5.74, 6) is -2.70. The topological polar surface area (TPSA) is 84.9 Å². The van der Waals surface area contributed by atoms with Gasteiger partial charge in [0.05, 0.1) is 18.6 Å². The minimum absolute atomic E-state index is 0.143. The first-order valence-corrected chi connectivity index (χ1v) is 11.6. The largest absolute Gasteiger partial charge is 0.452 e. The van der Waals surface area contributed by atoms with Gasteiger partial charge in [0, 0.05) is 11.2 Å². The van der Waals surface area contributed by atoms with Crippen LogP contribution in [-0.4, -0.2) is 47.7 Å². The van der Waals surface area contributed by atoms with Gasteiger partial charge in [-0.1, -0.05) is 43.7 Å². The van der Waals surface area contributed by atoms with E-state index in [0.29, 0.717) is 6.54 Å². The minimum atomic E-state index is -0.942. The maximum absolute atomic E-state index is 13.6. The molecule has 0 aromatic heterocycles. The van der Waals surface area contributed by atoms with Crippen molar-refractivity contribution < 1.29 is 23.9 Å². The molecule has 2 amide bonds. The number of fused-ring (bicyclic) bond motifs is 1. The fraction of sp³-hybridized carbons (Fsp3) is 0.577. The highest BCUT2D eigenvalue weighted by atomic mass is 16.6. The van der Waals surface area contributed by atoms with Crippen LogP contribution in [0.3, 0.4) is 0 Å². The van der Waals surface area contributed by atoms with Crippen LogP contribution in [0, 0.1) is 31.6 Å². The summed E-state index contributed by atoms with van der Waals surface area (Å²) in [6, 6.07) is 5.95. The van der Waals surface area contributed by atoms with Crippen molar-refractivity contribution in [2.45, 2.75) is 71.8 Å². The van der Waals surface area contributed by atoms with Gasteiger partial charge >= 0.3 is 5.97 Å². The molecule has 2 saturated heterocycles. The summed E-state index contributed by atoms with van der Waals surface area (Å²) in [6.45, 7) is 13.6. The molecular formula is C26H34N2O5. The third kappa shape index (κ3) is 4.07. The van der Waals surface area contributed by atoms with Crippen LogP contribution in [0.4, 0.5) is 5.69 Å². The number of nitrogens with one attached hydrogen (secondary N) is 1. The molecule has 7 nitrogen and oxygen atoms in total. The number of hydrogen-bond acceptors (Lipinski definition) is 5. The number of carbonyl (C=O) groups excluding carboxylic acids is 3. The summed E-state index contributed by atoms with van der Waals surface area (Å²) in [5.41, 5.74) is 1.65. The van der Waals surface area contributed by atoms with Gasteiger partial charge < -0.3 is 19.7 Å². The zero-order valence-corrected chi connectivity index (χ0v) is 20.5. The van der Waals surface area contributed by atoms with Crippen molar-refractivity contribution >= 4 is 23.5 Å². The van der Waals surface area contributed by atoms with E-state index in [4.69, 9.17) is 9.47 Å². The summed E-state index contributed by atoms with van der Waals surface area (Å²) in [4.78, 5) is 41.5. The van der Waals surface area contributed by atoms with Gasteiger partial charge in [-0.2, -0.15) is 0 Å². The number of ether oxygens (including phenoxy) is 2. The van der Waals surface area contributed by atoms with E-state index in [9.17, 15) is 14.4 Å². The first kappa shape index (κ1) is 23.5. The molecule has 2 fully saturated rings. The maximum atomic E-state index is 13.6. The Labute approximate surface area is 195 Å². The van der Waals surface area contributed by atoms with Crippen LogP contribution in [-0.2, 0) is 23.9 Å². The predicted octanol–water partition coefficient (Wildman–Crippen LogP) is 3.07. The summed E-state index contributed by atoms with van der Waals surface area (Å²) < 4.78 is 12.0. The highest BCUT2D eigenvalue weighted by Crippen LogP contribution is 2.53. The molecule has 3 aliphatic rings. The fourth-order valence-electron chi connectivity index (χ4n) is 5.22. The number of aryl methyl sites for hydroxylation is 2. The van der Waals surface area contributed by atoms with Crippen molar-refractivity contribution in [3.05, 3.63) is 41.5 Å². The second-order valence-corrected chi connectivity index (χ2v) is 11.0. The number of benzene rings is 1. The average molecular weight is 455 g/mol. The molecule has 3 aliphatic heterocycles. The summed E-state index contributed by atoms with van der Waals surface area (Å²) in [7, 11) is 0. The molecule has 2 bridgehead atoms. The van der Waals surface area contributed by atoms with Gasteiger partial charge in [0.25, 0.3) is 5.91 Å². The number of rotatable bonds is 5. The Balaban J connectivity index is 1.58. The van der Waals surface area contributed by atoms with E-state index in [2.05, 4.69) is 5.32 Å². The molecule has 0 saturated carbocycles. The van der Waals surface area contributed by atoms with Crippen LogP contribution in [0.25, 0.3) is 0 Å². The lowest BCUT2D eigenvalue weighted by molar-refractivity contribution is -0.165. The van der Waals surface area contributed by atoms with E-state index in [-0.39, 0.29) is 17.7 Å². The van der Waals surface area contributed by atoms with Gasteiger partial charge in [0.15, 0.2) is 6.10 Å². The van der Waals surface area contributed by atoms with Gasteiger partial charge in [-0.25, -0.2) is 0 Å². The molecule has 7 heteroatoms. The Morgan fingerprint density at radius 1 is 1.24 bits per heavy atom. The molecule has 4 rings (SSSR count). The molecular weight excluding hydrogens is 420 g/mol. The smallest absolute Gasteiger partial charge is 0.313 e. The molecule has 3 heterocycles. The lowest BCUT2D eigenvalue weighted by Crippen LogP contribution is -2.50. The SMILES string of the molecule is Cc1ccc(N2C[C@@]34C=C[C@@H](O3)[C@H](C(=O)O[C@H](C(=O)NC(C)(C)C)C(C)C)[C@@H]4C2=O)c(C)c1. The van der Waals surface area contributed by atoms with E-state index < -0.39 is 41.2 Å². The van der Waals surface area contributed by atoms with Crippen molar-refractivity contribution in [1.29, 1.82) is 0 Å². The average Bonchev–Trinajstić information content (AvgIpc) is 3.32.